The minimum Gasteiger partial charge on any atom is -0.479 e. The quantitative estimate of drug-likeness (QED) is 0.925. The summed E-state index contributed by atoms with van der Waals surface area (Å²) in [6.45, 7) is 4.85. The summed E-state index contributed by atoms with van der Waals surface area (Å²) in [5, 5.41) is 20.4. The smallest absolute Gasteiger partial charge is 0.331 e. The molecule has 0 spiro atoms. The molecule has 1 N–H and O–H groups in total. The average Bonchev–Trinajstić information content (AvgIpc) is 2.90. The van der Waals surface area contributed by atoms with Crippen molar-refractivity contribution >= 4 is 5.97 Å². The zero-order chi connectivity index (χ0) is 14.9. The minimum absolute atomic E-state index is 0.109. The van der Waals surface area contributed by atoms with E-state index in [2.05, 4.69) is 15.5 Å². The molecule has 0 aliphatic rings. The first-order chi connectivity index (χ1) is 9.41. The van der Waals surface area contributed by atoms with E-state index in [1.807, 2.05) is 0 Å². The third kappa shape index (κ3) is 2.04. The van der Waals surface area contributed by atoms with Gasteiger partial charge in [0.1, 0.15) is 5.82 Å². The lowest BCUT2D eigenvalue weighted by Gasteiger charge is -2.24. The van der Waals surface area contributed by atoms with E-state index in [0.717, 1.165) is 4.68 Å². The van der Waals surface area contributed by atoms with Gasteiger partial charge in [0, 0.05) is 0 Å². The molecule has 7 heteroatoms. The van der Waals surface area contributed by atoms with E-state index in [9.17, 15) is 14.3 Å². The molecule has 2 rings (SSSR count). The Kier molecular flexibility index (Phi) is 3.52. The second kappa shape index (κ2) is 4.99. The summed E-state index contributed by atoms with van der Waals surface area (Å²) in [4.78, 5) is 11.5. The van der Waals surface area contributed by atoms with Crippen molar-refractivity contribution in [2.24, 2.45) is 0 Å². The number of carboxylic acid groups (broad SMARTS) is 1. The molecule has 0 radical (unpaired) electrons. The molecule has 106 valence electrons. The zero-order valence-electron chi connectivity index (χ0n) is 11.5. The number of hydrogen-bond acceptors (Lipinski definition) is 4. The number of tetrazole rings is 1. The molecule has 0 aliphatic carbocycles. The van der Waals surface area contributed by atoms with E-state index >= 15 is 0 Å². The highest BCUT2D eigenvalue weighted by atomic mass is 19.1. The van der Waals surface area contributed by atoms with E-state index in [1.165, 1.54) is 13.0 Å². The van der Waals surface area contributed by atoms with E-state index in [-0.39, 0.29) is 17.8 Å². The predicted molar refractivity (Wildman–Crippen MR) is 69.5 cm³/mol. The molecule has 20 heavy (non-hydrogen) atoms. The molecule has 0 fully saturated rings. The van der Waals surface area contributed by atoms with Gasteiger partial charge < -0.3 is 5.11 Å². The lowest BCUT2D eigenvalue weighted by Crippen LogP contribution is -2.39. The van der Waals surface area contributed by atoms with Crippen LogP contribution in [0, 0.1) is 12.7 Å². The Balaban J connectivity index is 2.65. The van der Waals surface area contributed by atoms with Crippen LogP contribution in [0.2, 0.25) is 0 Å². The topological polar surface area (TPSA) is 80.9 Å². The molecule has 0 saturated heterocycles. The standard InChI is InChI=1S/C13H15FN4O2/c1-4-13(3,12(19)20)18-11(15-16-17-18)9-7-5-6-8(2)10(9)14/h5-7H,4H2,1-3H3,(H,19,20). The van der Waals surface area contributed by atoms with Gasteiger partial charge in [-0.05, 0) is 42.3 Å². The first-order valence-electron chi connectivity index (χ1n) is 6.19. The minimum atomic E-state index is -1.32. The Labute approximate surface area is 115 Å². The molecule has 2 aromatic rings. The number of hydrogen-bond donors (Lipinski definition) is 1. The van der Waals surface area contributed by atoms with Crippen molar-refractivity contribution in [3.63, 3.8) is 0 Å². The fraction of sp³-hybridized carbons (Fsp3) is 0.385. The van der Waals surface area contributed by atoms with Crippen LogP contribution in [0.4, 0.5) is 4.39 Å². The molecule has 0 aliphatic heterocycles. The number of aryl methyl sites for hydroxylation is 1. The number of benzene rings is 1. The van der Waals surface area contributed by atoms with Gasteiger partial charge in [0.25, 0.3) is 0 Å². The molecule has 0 bridgehead atoms. The van der Waals surface area contributed by atoms with Crippen LogP contribution in [0.1, 0.15) is 25.8 Å². The molecule has 1 heterocycles. The maximum atomic E-state index is 14.2. The van der Waals surface area contributed by atoms with Gasteiger partial charge in [-0.25, -0.2) is 13.9 Å². The summed E-state index contributed by atoms with van der Waals surface area (Å²) in [7, 11) is 0. The molecule has 0 saturated carbocycles. The number of nitrogens with zero attached hydrogens (tertiary/aromatic N) is 4. The van der Waals surface area contributed by atoms with Crippen LogP contribution < -0.4 is 0 Å². The molecule has 0 amide bonds. The lowest BCUT2D eigenvalue weighted by molar-refractivity contribution is -0.147. The Morgan fingerprint density at radius 2 is 2.20 bits per heavy atom. The van der Waals surface area contributed by atoms with Gasteiger partial charge in [0.05, 0.1) is 5.56 Å². The van der Waals surface area contributed by atoms with Crippen molar-refractivity contribution in [3.05, 3.63) is 29.6 Å². The molecule has 1 atom stereocenters. The van der Waals surface area contributed by atoms with E-state index in [4.69, 9.17) is 0 Å². The number of carboxylic acids is 1. The van der Waals surface area contributed by atoms with Gasteiger partial charge in [-0.1, -0.05) is 19.1 Å². The maximum absolute atomic E-state index is 14.2. The summed E-state index contributed by atoms with van der Waals surface area (Å²) < 4.78 is 15.3. The van der Waals surface area contributed by atoms with Gasteiger partial charge in [-0.3, -0.25) is 0 Å². The summed E-state index contributed by atoms with van der Waals surface area (Å²) in [5.41, 5.74) is -0.684. The fourth-order valence-electron chi connectivity index (χ4n) is 1.90. The van der Waals surface area contributed by atoms with Crippen LogP contribution in [0.5, 0.6) is 0 Å². The summed E-state index contributed by atoms with van der Waals surface area (Å²) in [6.07, 6.45) is 0.272. The normalized spacial score (nSPS) is 14.0. The second-order valence-electron chi connectivity index (χ2n) is 4.78. The van der Waals surface area contributed by atoms with Gasteiger partial charge in [0.2, 0.25) is 0 Å². The second-order valence-corrected chi connectivity index (χ2v) is 4.78. The molecule has 1 unspecified atom stereocenters. The highest BCUT2D eigenvalue weighted by molar-refractivity contribution is 5.77. The van der Waals surface area contributed by atoms with Crippen LogP contribution >= 0.6 is 0 Å². The number of aromatic nitrogens is 4. The van der Waals surface area contributed by atoms with Crippen LogP contribution in [0.3, 0.4) is 0 Å². The third-order valence-electron chi connectivity index (χ3n) is 3.52. The molecular formula is C13H15FN4O2. The van der Waals surface area contributed by atoms with Crippen molar-refractivity contribution < 1.29 is 14.3 Å². The van der Waals surface area contributed by atoms with Crippen molar-refractivity contribution in [1.82, 2.24) is 20.2 Å². The zero-order valence-corrected chi connectivity index (χ0v) is 11.5. The van der Waals surface area contributed by atoms with Crippen LogP contribution in [-0.4, -0.2) is 31.3 Å². The van der Waals surface area contributed by atoms with Gasteiger partial charge in [-0.15, -0.1) is 5.10 Å². The molecule has 1 aromatic heterocycles. The third-order valence-corrected chi connectivity index (χ3v) is 3.52. The number of carbonyl (C=O) groups is 1. The van der Waals surface area contributed by atoms with E-state index < -0.39 is 17.3 Å². The van der Waals surface area contributed by atoms with Crippen molar-refractivity contribution in [2.45, 2.75) is 32.7 Å². The van der Waals surface area contributed by atoms with Crippen LogP contribution in [-0.2, 0) is 10.3 Å². The monoisotopic (exact) mass is 278 g/mol. The number of rotatable bonds is 4. The summed E-state index contributed by atoms with van der Waals surface area (Å²) >= 11 is 0. The average molecular weight is 278 g/mol. The Morgan fingerprint density at radius 1 is 1.50 bits per heavy atom. The van der Waals surface area contributed by atoms with Crippen molar-refractivity contribution in [3.8, 4) is 11.4 Å². The fourth-order valence-corrected chi connectivity index (χ4v) is 1.90. The first kappa shape index (κ1) is 14.1. The Morgan fingerprint density at radius 3 is 2.80 bits per heavy atom. The molecular weight excluding hydrogens is 263 g/mol. The predicted octanol–water partition coefficient (Wildman–Crippen LogP) is 2.00. The van der Waals surface area contributed by atoms with Crippen LogP contribution in [0.25, 0.3) is 11.4 Å². The van der Waals surface area contributed by atoms with E-state index in [1.54, 1.807) is 26.0 Å². The van der Waals surface area contributed by atoms with Crippen molar-refractivity contribution in [2.75, 3.05) is 0 Å². The lowest BCUT2D eigenvalue weighted by atomic mass is 9.98. The van der Waals surface area contributed by atoms with Gasteiger partial charge in [0.15, 0.2) is 11.4 Å². The van der Waals surface area contributed by atoms with Gasteiger partial charge >= 0.3 is 5.97 Å². The number of aliphatic carboxylic acids is 1. The van der Waals surface area contributed by atoms with E-state index in [0.29, 0.717) is 5.56 Å². The van der Waals surface area contributed by atoms with Crippen molar-refractivity contribution in [1.29, 1.82) is 0 Å². The van der Waals surface area contributed by atoms with Crippen LogP contribution in [0.15, 0.2) is 18.2 Å². The first-order valence-corrected chi connectivity index (χ1v) is 6.19. The SMILES string of the molecule is CCC(C)(C(=O)O)n1nnnc1-c1cccc(C)c1F. The molecule has 1 aromatic carbocycles. The summed E-state index contributed by atoms with van der Waals surface area (Å²) in [6, 6.07) is 4.84. The maximum Gasteiger partial charge on any atom is 0.331 e. The summed E-state index contributed by atoms with van der Waals surface area (Å²) in [5.74, 6) is -1.41. The largest absolute Gasteiger partial charge is 0.479 e. The Hall–Kier alpha value is -2.31. The Bertz CT molecular complexity index is 656. The highest BCUT2D eigenvalue weighted by Crippen LogP contribution is 2.28. The highest BCUT2D eigenvalue weighted by Gasteiger charge is 2.37. The number of halogens is 1. The molecule has 6 nitrogen and oxygen atoms in total. The van der Waals surface area contributed by atoms with Gasteiger partial charge in [-0.2, -0.15) is 0 Å².